The summed E-state index contributed by atoms with van der Waals surface area (Å²) in [6, 6.07) is 4.91. The van der Waals surface area contributed by atoms with Gasteiger partial charge in [0, 0.05) is 24.7 Å². The number of fused-ring (bicyclic) bond motifs is 1. The lowest BCUT2D eigenvalue weighted by Crippen LogP contribution is -2.54. The summed E-state index contributed by atoms with van der Waals surface area (Å²) in [4.78, 5) is 68.3. The smallest absolute Gasteiger partial charge is 0.262 e. The first kappa shape index (κ1) is 19.5. The van der Waals surface area contributed by atoms with E-state index in [1.54, 1.807) is 6.07 Å². The normalized spacial score (nSPS) is 18.4. The maximum absolute atomic E-state index is 12.8. The first-order valence-electron chi connectivity index (χ1n) is 9.26. The van der Waals surface area contributed by atoms with Crippen LogP contribution in [0.4, 0.5) is 5.69 Å². The number of carbonyl (C=O) groups excluding carboxylic acids is 4. The molecule has 4 amide bonds. The summed E-state index contributed by atoms with van der Waals surface area (Å²) in [6.45, 7) is 0.295. The molecule has 2 aromatic rings. The van der Waals surface area contributed by atoms with E-state index in [1.807, 2.05) is 0 Å². The van der Waals surface area contributed by atoms with Crippen molar-refractivity contribution in [3.63, 3.8) is 0 Å². The number of nitrogens with zero attached hydrogens (tertiary/aromatic N) is 2. The van der Waals surface area contributed by atoms with Crippen LogP contribution in [-0.4, -0.2) is 44.5 Å². The van der Waals surface area contributed by atoms with Gasteiger partial charge in [0.05, 0.1) is 23.4 Å². The highest BCUT2D eigenvalue weighted by Crippen LogP contribution is 2.29. The number of anilines is 1. The molecule has 2 aliphatic rings. The zero-order valence-electron chi connectivity index (χ0n) is 15.7. The molecule has 154 valence electrons. The Morgan fingerprint density at radius 1 is 1.10 bits per heavy atom. The number of amides is 4. The summed E-state index contributed by atoms with van der Waals surface area (Å²) in [5.74, 6) is -1.88. The molecule has 3 heterocycles. The zero-order chi connectivity index (χ0) is 21.4. The van der Waals surface area contributed by atoms with Crippen molar-refractivity contribution >= 4 is 29.3 Å². The molecule has 0 bridgehead atoms. The Bertz CT molecular complexity index is 1140. The van der Waals surface area contributed by atoms with Gasteiger partial charge in [0.25, 0.3) is 17.4 Å². The van der Waals surface area contributed by atoms with Crippen LogP contribution in [0.15, 0.2) is 29.1 Å². The zero-order valence-corrected chi connectivity index (χ0v) is 15.7. The maximum Gasteiger partial charge on any atom is 0.262 e. The molecule has 0 aliphatic carbocycles. The Morgan fingerprint density at radius 2 is 1.87 bits per heavy atom. The van der Waals surface area contributed by atoms with Gasteiger partial charge in [0.1, 0.15) is 11.9 Å². The number of piperidine rings is 1. The van der Waals surface area contributed by atoms with Gasteiger partial charge in [-0.05, 0) is 24.6 Å². The quantitative estimate of drug-likeness (QED) is 0.467. The van der Waals surface area contributed by atoms with Gasteiger partial charge in [-0.1, -0.05) is 0 Å². The minimum atomic E-state index is -1.01. The van der Waals surface area contributed by atoms with Gasteiger partial charge in [0.2, 0.25) is 11.8 Å². The minimum Gasteiger partial charge on any atom is -0.378 e. The molecule has 1 unspecified atom stereocenters. The average molecular weight is 410 g/mol. The number of nitrogens with two attached hydrogens (primary N) is 1. The number of hydrogen-bond donors (Lipinski definition) is 4. The molecule has 5 N–H and O–H groups in total. The summed E-state index contributed by atoms with van der Waals surface area (Å²) in [7, 11) is 0. The topological polar surface area (TPSA) is 167 Å². The molecule has 0 saturated carbocycles. The van der Waals surface area contributed by atoms with E-state index < -0.39 is 29.7 Å². The lowest BCUT2D eigenvalue weighted by Gasteiger charge is -2.27. The number of imide groups is 2. The van der Waals surface area contributed by atoms with Crippen LogP contribution < -0.4 is 21.9 Å². The lowest BCUT2D eigenvalue weighted by atomic mass is 10.0. The molecule has 1 atom stereocenters. The predicted octanol–water partition coefficient (Wildman–Crippen LogP) is -0.758. The average Bonchev–Trinajstić information content (AvgIpc) is 2.96. The fourth-order valence-corrected chi connectivity index (χ4v) is 3.52. The second-order valence-electron chi connectivity index (χ2n) is 6.95. The van der Waals surface area contributed by atoms with Crippen molar-refractivity contribution < 1.29 is 19.2 Å². The van der Waals surface area contributed by atoms with E-state index >= 15 is 0 Å². The van der Waals surface area contributed by atoms with Crippen LogP contribution in [0.2, 0.25) is 0 Å². The molecule has 11 heteroatoms. The Balaban J connectivity index is 1.53. The molecule has 0 spiro atoms. The third-order valence-electron chi connectivity index (χ3n) is 4.95. The third kappa shape index (κ3) is 3.46. The molecule has 30 heavy (non-hydrogen) atoms. The summed E-state index contributed by atoms with van der Waals surface area (Å²) < 4.78 is 0. The molecule has 1 aromatic carbocycles. The fourth-order valence-electron chi connectivity index (χ4n) is 3.52. The van der Waals surface area contributed by atoms with E-state index in [0.717, 1.165) is 4.90 Å². The van der Waals surface area contributed by atoms with E-state index in [1.165, 1.54) is 18.2 Å². The molecule has 0 radical (unpaired) electrons. The van der Waals surface area contributed by atoms with Crippen molar-refractivity contribution in [2.75, 3.05) is 5.32 Å². The Hall–Kier alpha value is -3.86. The first-order chi connectivity index (χ1) is 14.4. The van der Waals surface area contributed by atoms with E-state index in [2.05, 4.69) is 20.6 Å². The molecule has 4 rings (SSSR count). The van der Waals surface area contributed by atoms with Crippen LogP contribution in [0.25, 0.3) is 0 Å². The summed E-state index contributed by atoms with van der Waals surface area (Å²) in [6.07, 6.45) is 0.154. The number of nitrogens with one attached hydrogen (secondary N) is 3. The molecule has 2 aliphatic heterocycles. The highest BCUT2D eigenvalue weighted by Gasteiger charge is 2.44. The van der Waals surface area contributed by atoms with Crippen molar-refractivity contribution in [2.24, 2.45) is 5.73 Å². The van der Waals surface area contributed by atoms with Gasteiger partial charge >= 0.3 is 0 Å². The Labute approximate surface area is 169 Å². The summed E-state index contributed by atoms with van der Waals surface area (Å²) in [5.41, 5.74) is 6.52. The van der Waals surface area contributed by atoms with Crippen LogP contribution in [0.5, 0.6) is 0 Å². The van der Waals surface area contributed by atoms with Crippen molar-refractivity contribution in [1.29, 1.82) is 0 Å². The van der Waals surface area contributed by atoms with Gasteiger partial charge in [0.15, 0.2) is 0 Å². The number of carbonyl (C=O) groups is 4. The van der Waals surface area contributed by atoms with Crippen LogP contribution in [0, 0.1) is 0 Å². The molecule has 11 nitrogen and oxygen atoms in total. The number of H-pyrrole nitrogens is 1. The number of rotatable bonds is 5. The number of hydrogen-bond acceptors (Lipinski definition) is 8. The number of aromatic amines is 1. The van der Waals surface area contributed by atoms with Crippen LogP contribution in [0.1, 0.15) is 45.1 Å². The van der Waals surface area contributed by atoms with E-state index in [9.17, 15) is 24.0 Å². The van der Waals surface area contributed by atoms with Gasteiger partial charge in [-0.2, -0.15) is 0 Å². The molecular weight excluding hydrogens is 392 g/mol. The SMILES string of the molecule is NCc1cc(=O)[nH]c(CNc2ccc3c(c2)C(=O)N(C2CCC(=O)NC2=O)C3=O)n1. The van der Waals surface area contributed by atoms with Crippen LogP contribution in [0.3, 0.4) is 0 Å². The fraction of sp³-hybridized carbons (Fsp3) is 0.263. The highest BCUT2D eigenvalue weighted by molar-refractivity contribution is 6.23. The van der Waals surface area contributed by atoms with Gasteiger partial charge < -0.3 is 16.0 Å². The number of benzene rings is 1. The van der Waals surface area contributed by atoms with Gasteiger partial charge in [-0.3, -0.25) is 34.2 Å². The van der Waals surface area contributed by atoms with E-state index in [4.69, 9.17) is 5.73 Å². The summed E-state index contributed by atoms with van der Waals surface area (Å²) >= 11 is 0. The van der Waals surface area contributed by atoms with Crippen molar-refractivity contribution in [1.82, 2.24) is 20.2 Å². The van der Waals surface area contributed by atoms with Crippen LogP contribution >= 0.6 is 0 Å². The monoisotopic (exact) mass is 410 g/mol. The first-order valence-corrected chi connectivity index (χ1v) is 9.26. The Kier molecular flexibility index (Phi) is 4.88. The maximum atomic E-state index is 12.8. The lowest BCUT2D eigenvalue weighted by molar-refractivity contribution is -0.136. The predicted molar refractivity (Wildman–Crippen MR) is 103 cm³/mol. The molecular formula is C19H18N6O5. The van der Waals surface area contributed by atoms with Gasteiger partial charge in [-0.25, -0.2) is 4.98 Å². The van der Waals surface area contributed by atoms with Gasteiger partial charge in [-0.15, -0.1) is 0 Å². The highest BCUT2D eigenvalue weighted by atomic mass is 16.2. The molecule has 1 aromatic heterocycles. The standard InChI is InChI=1S/C19H18N6O5/c20-7-10-6-16(27)23-14(22-10)8-21-9-1-2-11-12(5-9)19(30)25(18(11)29)13-3-4-15(26)24-17(13)28/h1-2,5-6,13,21H,3-4,7-8,20H2,(H,22,23,27)(H,24,26,28). The van der Waals surface area contributed by atoms with Crippen molar-refractivity contribution in [2.45, 2.75) is 32.0 Å². The third-order valence-corrected chi connectivity index (χ3v) is 4.95. The largest absolute Gasteiger partial charge is 0.378 e. The van der Waals surface area contributed by atoms with Crippen molar-refractivity contribution in [3.05, 3.63) is 57.3 Å². The summed E-state index contributed by atoms with van der Waals surface area (Å²) in [5, 5.41) is 5.19. The van der Waals surface area contributed by atoms with E-state index in [0.29, 0.717) is 17.2 Å². The number of aromatic nitrogens is 2. The second-order valence-corrected chi connectivity index (χ2v) is 6.95. The minimum absolute atomic E-state index is 0.0592. The van der Waals surface area contributed by atoms with Crippen molar-refractivity contribution in [3.8, 4) is 0 Å². The molecule has 1 fully saturated rings. The second kappa shape index (κ2) is 7.52. The Morgan fingerprint density at radius 3 is 2.60 bits per heavy atom. The van der Waals surface area contributed by atoms with E-state index in [-0.39, 0.29) is 42.6 Å². The van der Waals surface area contributed by atoms with Crippen LogP contribution in [-0.2, 0) is 22.7 Å². The molecule has 1 saturated heterocycles.